The SMILES string of the molecule is C.C.CN1C(=O)C(N)CCc2nccnc21.CN1C(=O)C(NC(=O)c2nnc(Cc3ccccc3)o2)CCc2nccnc21.CN1C(=O)[C@@H](NC(=O)c2nnc(Cc3ccccc3)o2)CCc2nccnc21.CN1C(=O)[C@H](NC(=O)c2nnc(Cc3ccccc3)o2)CCc2nccnc21.O=[C-]c1nnc(Cc2ccccc2)o1.[Li+].[OH-]. The number of hydrogen-bond acceptors (Lipinski definition) is 30. The van der Waals surface area contributed by atoms with Gasteiger partial charge in [0, 0.05) is 77.8 Å². The average molecular weight is 1570 g/mol. The van der Waals surface area contributed by atoms with E-state index in [1.165, 1.54) is 38.2 Å². The van der Waals surface area contributed by atoms with Crippen molar-refractivity contribution >= 4 is 70.9 Å². The van der Waals surface area contributed by atoms with E-state index in [1.807, 2.05) is 121 Å². The Morgan fingerprint density at radius 1 is 0.379 bits per heavy atom. The van der Waals surface area contributed by atoms with Gasteiger partial charge in [-0.25, -0.2) is 19.9 Å². The Morgan fingerprint density at radius 3 is 0.905 bits per heavy atom. The van der Waals surface area contributed by atoms with Crippen molar-refractivity contribution in [3.8, 4) is 0 Å². The van der Waals surface area contributed by atoms with Crippen LogP contribution in [0.4, 0.5) is 23.3 Å². The van der Waals surface area contributed by atoms with Crippen LogP contribution in [0.3, 0.4) is 0 Å². The van der Waals surface area contributed by atoms with Crippen molar-refractivity contribution in [1.82, 2.24) is 96.6 Å². The van der Waals surface area contributed by atoms with Crippen LogP contribution in [0.5, 0.6) is 0 Å². The van der Waals surface area contributed by atoms with Crippen LogP contribution in [0.1, 0.15) is 147 Å². The summed E-state index contributed by atoms with van der Waals surface area (Å²) in [4.78, 5) is 137. The number of rotatable bonds is 15. The van der Waals surface area contributed by atoms with Crippen molar-refractivity contribution in [3.63, 3.8) is 0 Å². The average Bonchev–Trinajstić information content (AvgIpc) is 1.68. The quantitative estimate of drug-likeness (QED) is 0.0845. The van der Waals surface area contributed by atoms with Crippen LogP contribution >= 0.6 is 0 Å². The van der Waals surface area contributed by atoms with Gasteiger partial charge in [-0.1, -0.05) is 136 Å². The molecule has 2 unspecified atom stereocenters. The van der Waals surface area contributed by atoms with Gasteiger partial charge in [0.2, 0.25) is 29.5 Å². The summed E-state index contributed by atoms with van der Waals surface area (Å²) < 4.78 is 21.4. The van der Waals surface area contributed by atoms with Gasteiger partial charge in [0.05, 0.1) is 54.5 Å². The van der Waals surface area contributed by atoms with Crippen molar-refractivity contribution in [3.05, 3.63) is 263 Å². The minimum atomic E-state index is -0.724. The van der Waals surface area contributed by atoms with Crippen LogP contribution in [0.15, 0.2) is 189 Å². The molecule has 116 heavy (non-hydrogen) atoms. The van der Waals surface area contributed by atoms with Crippen molar-refractivity contribution in [2.24, 2.45) is 5.73 Å². The van der Waals surface area contributed by atoms with E-state index in [0.717, 1.165) is 45.0 Å². The number of benzene rings is 4. The third-order valence-corrected chi connectivity index (χ3v) is 17.8. The number of carbonyl (C=O) groups excluding carboxylic acids is 8. The molecule has 0 aliphatic carbocycles. The van der Waals surface area contributed by atoms with E-state index < -0.39 is 41.9 Å². The molecule has 4 aliphatic rings. The van der Waals surface area contributed by atoms with Crippen molar-refractivity contribution in [2.75, 3.05) is 47.8 Å². The topological polar surface area (TPSA) is 500 Å². The third kappa shape index (κ3) is 22.8. The Hall–Kier alpha value is -13.8. The number of aryl methyl sites for hydroxylation is 4. The maximum absolute atomic E-state index is 12.7. The standard InChI is InChI=1S/3C19H18N6O3.C10H7N2O2.C9H12N4O.2CH4.Li.H2O/c3*1-25-16-13(20-9-10-21-16)7-8-14(19(25)27)22-17(26)18-24-23-15(28-18)11-12-5-3-2-4-6-12;13-7-10-12-11-9(14-10)6-8-4-2-1-3-5-8;1-13-8-7(11-4-5-12-8)3-2-6(10)9(13)14;;;;/h3*2-6,9-10,14H,7-8,11H2,1H3,(H,22,26);1-5H,6H2;4-6H,2-3,10H2,1H3;2*1H4;;1H2/q;;;-1;;;;+1;/p-1/t2*14-;;;;;;;/m10......./s1. The third-order valence-electron chi connectivity index (χ3n) is 17.8. The van der Waals surface area contributed by atoms with Gasteiger partial charge in [-0.2, -0.15) is 6.29 Å². The molecule has 594 valence electrons. The van der Waals surface area contributed by atoms with Crippen LogP contribution < -0.4 is 60.1 Å². The molecule has 0 saturated heterocycles. The molecule has 16 rings (SSSR count). The molecule has 0 saturated carbocycles. The van der Waals surface area contributed by atoms with Crippen LogP contribution in [0, 0.1) is 0 Å². The van der Waals surface area contributed by atoms with Crippen molar-refractivity contribution < 1.29 is 80.4 Å². The maximum Gasteiger partial charge on any atom is 1.00 e. The molecule has 4 atom stereocenters. The van der Waals surface area contributed by atoms with Gasteiger partial charge in [-0.3, -0.25) is 73.1 Å². The zero-order chi connectivity index (χ0) is 78.5. The Morgan fingerprint density at radius 2 is 0.629 bits per heavy atom. The van der Waals surface area contributed by atoms with Gasteiger partial charge in [-0.05, 0) is 73.6 Å². The molecule has 4 aliphatic heterocycles. The van der Waals surface area contributed by atoms with Crippen molar-refractivity contribution in [2.45, 2.75) is 116 Å². The van der Waals surface area contributed by atoms with Gasteiger partial charge in [0.15, 0.2) is 23.3 Å². The van der Waals surface area contributed by atoms with E-state index in [2.05, 4.69) is 96.6 Å². The fourth-order valence-corrected chi connectivity index (χ4v) is 12.0. The fourth-order valence-electron chi connectivity index (χ4n) is 12.0. The first-order valence-electron chi connectivity index (χ1n) is 35.2. The van der Waals surface area contributed by atoms with E-state index in [4.69, 9.17) is 23.4 Å². The molecule has 7 amide bonds. The zero-order valence-electron chi connectivity index (χ0n) is 62.3. The molecule has 0 fully saturated rings. The first-order chi connectivity index (χ1) is 54.4. The minimum absolute atomic E-state index is 0. The summed E-state index contributed by atoms with van der Waals surface area (Å²) in [5.41, 5.74) is 12.8. The Kier molecular flexibility index (Phi) is 32.0. The van der Waals surface area contributed by atoms with Gasteiger partial charge >= 0.3 is 54.3 Å². The summed E-state index contributed by atoms with van der Waals surface area (Å²) >= 11 is 0. The monoisotopic (exact) mass is 1570 g/mol. The molecule has 6 N–H and O–H groups in total. The van der Waals surface area contributed by atoms with E-state index in [9.17, 15) is 38.4 Å². The zero-order valence-corrected chi connectivity index (χ0v) is 62.3. The number of nitrogens with one attached hydrogen (secondary N) is 3. The molecule has 37 nitrogen and oxygen atoms in total. The first kappa shape index (κ1) is 87.8. The van der Waals surface area contributed by atoms with Gasteiger partial charge in [0.25, 0.3) is 17.7 Å². The summed E-state index contributed by atoms with van der Waals surface area (Å²) in [6.07, 6.45) is 20.1. The number of nitrogens with two attached hydrogens (primary N) is 1. The smallest absolute Gasteiger partial charge is 0.870 e. The largest absolute Gasteiger partial charge is 1.00 e. The number of amides is 7. The molecule has 8 aromatic heterocycles. The van der Waals surface area contributed by atoms with Gasteiger partial charge < -0.3 is 49.6 Å². The second-order valence-corrected chi connectivity index (χ2v) is 25.5. The number of anilines is 4. The predicted octanol–water partition coefficient (Wildman–Crippen LogP) is 2.40. The minimum Gasteiger partial charge on any atom is -0.870 e. The number of nitrogens with zero attached hydrogens (tertiary/aromatic N) is 20. The number of hydrogen-bond donors (Lipinski definition) is 4. The molecule has 4 aromatic carbocycles. The Bertz CT molecular complexity index is 4870. The molecule has 12 aromatic rings. The molecule has 38 heteroatoms. The molecule has 0 radical (unpaired) electrons. The Labute approximate surface area is 677 Å². The van der Waals surface area contributed by atoms with Gasteiger partial charge in [0.1, 0.15) is 24.0 Å². The van der Waals surface area contributed by atoms with E-state index in [1.54, 1.807) is 65.5 Å². The summed E-state index contributed by atoms with van der Waals surface area (Å²) in [6.45, 7) is 0. The van der Waals surface area contributed by atoms with E-state index in [0.29, 0.717) is 124 Å². The Balaban J connectivity index is 0.000000185. The maximum atomic E-state index is 12.7. The summed E-state index contributed by atoms with van der Waals surface area (Å²) in [5, 5.41) is 38.4. The van der Waals surface area contributed by atoms with E-state index in [-0.39, 0.29) is 86.4 Å². The van der Waals surface area contributed by atoms with Crippen LogP contribution in [0.2, 0.25) is 0 Å². The first-order valence-corrected chi connectivity index (χ1v) is 35.2. The fraction of sp³-hybridized carbons (Fsp3) is 0.282. The van der Waals surface area contributed by atoms with Crippen LogP contribution in [0.25, 0.3) is 0 Å². The number of likely N-dealkylation sites (N-methyl/N-ethyl adjacent to an activating group) is 4. The second-order valence-electron chi connectivity index (χ2n) is 25.5. The number of fused-ring (bicyclic) bond motifs is 4. The molecule has 0 bridgehead atoms. The normalized spacial score (nSPS) is 15.7. The van der Waals surface area contributed by atoms with Crippen LogP contribution in [-0.2, 0) is 75.3 Å². The predicted molar refractivity (Wildman–Crippen MR) is 411 cm³/mol. The molecular weight excluding hydrogens is 1490 g/mol. The number of aromatic nitrogens is 16. The molecule has 12 heterocycles. The second kappa shape index (κ2) is 42.2. The summed E-state index contributed by atoms with van der Waals surface area (Å²) in [6, 6.07) is 35.9. The van der Waals surface area contributed by atoms with Crippen molar-refractivity contribution in [1.29, 1.82) is 0 Å². The van der Waals surface area contributed by atoms with E-state index >= 15 is 0 Å². The molecular formula is C78H82LiN24O13-. The molecule has 0 spiro atoms. The summed E-state index contributed by atoms with van der Waals surface area (Å²) in [5.74, 6) is 0.348. The van der Waals surface area contributed by atoms with Crippen LogP contribution in [-0.4, -0.2) is 186 Å². The summed E-state index contributed by atoms with van der Waals surface area (Å²) in [7, 11) is 6.53. The number of carbonyl (C=O) groups is 7. The van der Waals surface area contributed by atoms with Gasteiger partial charge in [-0.15, -0.1) is 40.8 Å².